The molecule has 0 bridgehead atoms. The summed E-state index contributed by atoms with van der Waals surface area (Å²) in [7, 11) is 3.51. The van der Waals surface area contributed by atoms with Crippen LogP contribution in [0.3, 0.4) is 0 Å². The fourth-order valence-corrected chi connectivity index (χ4v) is 2.27. The Balaban J connectivity index is 1.88. The maximum absolute atomic E-state index is 10.1. The number of hydrogen-bond acceptors (Lipinski definition) is 7. The molecule has 2 aromatic rings. The van der Waals surface area contributed by atoms with Gasteiger partial charge in [0.05, 0.1) is 19.3 Å². The molecule has 0 spiro atoms. The minimum Gasteiger partial charge on any atom is -0.504 e. The summed E-state index contributed by atoms with van der Waals surface area (Å²) in [5.41, 5.74) is 0.442. The predicted molar refractivity (Wildman–Crippen MR) is 74.1 cm³/mol. The summed E-state index contributed by atoms with van der Waals surface area (Å²) in [6.45, 7) is 2.23. The lowest BCUT2D eigenvalue weighted by Gasteiger charge is -2.27. The Hall–Kier alpha value is -2.12. The van der Waals surface area contributed by atoms with Crippen molar-refractivity contribution in [3.05, 3.63) is 24.0 Å². The fraction of sp³-hybridized carbons (Fsp3) is 0.429. The molecule has 0 radical (unpaired) electrons. The zero-order valence-electron chi connectivity index (χ0n) is 11.9. The number of methoxy groups -OCH3 is 1. The van der Waals surface area contributed by atoms with E-state index >= 15 is 0 Å². The van der Waals surface area contributed by atoms with Gasteiger partial charge in [0.1, 0.15) is 6.10 Å². The Morgan fingerprint density at radius 2 is 2.29 bits per heavy atom. The molecule has 0 amide bonds. The summed E-state index contributed by atoms with van der Waals surface area (Å²) >= 11 is 0. The molecule has 1 saturated heterocycles. The van der Waals surface area contributed by atoms with Gasteiger partial charge < -0.3 is 24.0 Å². The molecule has 21 heavy (non-hydrogen) atoms. The summed E-state index contributed by atoms with van der Waals surface area (Å²) in [5, 5.41) is 14.1. The zero-order chi connectivity index (χ0) is 14.8. The van der Waals surface area contributed by atoms with Crippen molar-refractivity contribution in [1.82, 2.24) is 15.0 Å². The number of likely N-dealkylation sites (N-methyl/N-ethyl adjacent to an activating group) is 1. The van der Waals surface area contributed by atoms with Gasteiger partial charge in [0.25, 0.3) is 5.89 Å². The lowest BCUT2D eigenvalue weighted by atomic mass is 10.2. The van der Waals surface area contributed by atoms with Crippen LogP contribution in [0.1, 0.15) is 11.9 Å². The standard InChI is InChI=1S/C14H17N3O4/c1-17-6-7-20-11(8-17)13-15-14(21-16-13)9-4-3-5-10(19-2)12(9)18/h3-5,11,18H,6-8H2,1-2H3. The first-order valence-corrected chi connectivity index (χ1v) is 6.69. The molecule has 7 heteroatoms. The second-order valence-corrected chi connectivity index (χ2v) is 4.94. The van der Waals surface area contributed by atoms with E-state index in [0.29, 0.717) is 30.3 Å². The summed E-state index contributed by atoms with van der Waals surface area (Å²) in [6.07, 6.45) is -0.214. The second-order valence-electron chi connectivity index (χ2n) is 4.94. The molecule has 1 aromatic carbocycles. The van der Waals surface area contributed by atoms with E-state index in [9.17, 15) is 5.11 Å². The van der Waals surface area contributed by atoms with E-state index in [-0.39, 0.29) is 17.7 Å². The van der Waals surface area contributed by atoms with Crippen LogP contribution in [0.4, 0.5) is 0 Å². The van der Waals surface area contributed by atoms with Crippen LogP contribution < -0.4 is 4.74 Å². The van der Waals surface area contributed by atoms with Crippen molar-refractivity contribution in [3.63, 3.8) is 0 Å². The Kier molecular flexibility index (Phi) is 3.76. The van der Waals surface area contributed by atoms with Crippen LogP contribution in [0, 0.1) is 0 Å². The van der Waals surface area contributed by atoms with Crippen molar-refractivity contribution in [2.24, 2.45) is 0 Å². The van der Waals surface area contributed by atoms with Crippen LogP contribution in [0.5, 0.6) is 11.5 Å². The number of ether oxygens (including phenoxy) is 2. The van der Waals surface area contributed by atoms with E-state index in [2.05, 4.69) is 15.0 Å². The Morgan fingerprint density at radius 3 is 3.05 bits per heavy atom. The van der Waals surface area contributed by atoms with Gasteiger partial charge in [-0.2, -0.15) is 4.98 Å². The van der Waals surface area contributed by atoms with Crippen molar-refractivity contribution in [3.8, 4) is 23.0 Å². The van der Waals surface area contributed by atoms with Crippen molar-refractivity contribution in [2.45, 2.75) is 6.10 Å². The summed E-state index contributed by atoms with van der Waals surface area (Å²) < 4.78 is 16.0. The third-order valence-corrected chi connectivity index (χ3v) is 3.45. The molecule has 1 aliphatic rings. The highest BCUT2D eigenvalue weighted by atomic mass is 16.5. The van der Waals surface area contributed by atoms with E-state index in [0.717, 1.165) is 6.54 Å². The van der Waals surface area contributed by atoms with E-state index in [1.165, 1.54) is 7.11 Å². The third kappa shape index (κ3) is 2.70. The lowest BCUT2D eigenvalue weighted by Crippen LogP contribution is -2.35. The predicted octanol–water partition coefficient (Wildman–Crippen LogP) is 1.45. The van der Waals surface area contributed by atoms with Gasteiger partial charge in [0.2, 0.25) is 5.82 Å². The molecule has 0 saturated carbocycles. The van der Waals surface area contributed by atoms with E-state index < -0.39 is 0 Å². The van der Waals surface area contributed by atoms with E-state index in [1.807, 2.05) is 7.05 Å². The van der Waals surface area contributed by atoms with Crippen LogP contribution in [0.2, 0.25) is 0 Å². The van der Waals surface area contributed by atoms with Crippen LogP contribution in [0.15, 0.2) is 22.7 Å². The third-order valence-electron chi connectivity index (χ3n) is 3.45. The number of rotatable bonds is 3. The largest absolute Gasteiger partial charge is 0.504 e. The van der Waals surface area contributed by atoms with Gasteiger partial charge in [-0.3, -0.25) is 0 Å². The van der Waals surface area contributed by atoms with Gasteiger partial charge in [-0.15, -0.1) is 0 Å². The van der Waals surface area contributed by atoms with Crippen molar-refractivity contribution in [1.29, 1.82) is 0 Å². The number of para-hydroxylation sites is 1. The molecule has 112 valence electrons. The monoisotopic (exact) mass is 291 g/mol. The van der Waals surface area contributed by atoms with Crippen LogP contribution in [-0.2, 0) is 4.74 Å². The topological polar surface area (TPSA) is 80.9 Å². The quantitative estimate of drug-likeness (QED) is 0.916. The molecule has 0 aliphatic carbocycles. The first-order valence-electron chi connectivity index (χ1n) is 6.69. The number of hydrogen-bond donors (Lipinski definition) is 1. The lowest BCUT2D eigenvalue weighted by molar-refractivity contribution is -0.0264. The highest BCUT2D eigenvalue weighted by Crippen LogP contribution is 2.36. The summed E-state index contributed by atoms with van der Waals surface area (Å²) in [6, 6.07) is 5.11. The van der Waals surface area contributed by atoms with E-state index in [4.69, 9.17) is 14.0 Å². The Labute approximate surface area is 122 Å². The molecule has 1 atom stereocenters. The number of aromatic nitrogens is 2. The molecule has 1 aromatic heterocycles. The number of nitrogens with zero attached hydrogens (tertiary/aromatic N) is 3. The van der Waals surface area contributed by atoms with Gasteiger partial charge in [0, 0.05) is 13.1 Å². The molecule has 7 nitrogen and oxygen atoms in total. The molecule has 1 aliphatic heterocycles. The van der Waals surface area contributed by atoms with Crippen LogP contribution in [-0.4, -0.2) is 54.0 Å². The SMILES string of the molecule is COc1cccc(-c2nc(C3CN(C)CCO3)no2)c1O. The highest BCUT2D eigenvalue weighted by molar-refractivity contribution is 5.66. The van der Waals surface area contributed by atoms with Gasteiger partial charge in [-0.1, -0.05) is 11.2 Å². The zero-order valence-corrected chi connectivity index (χ0v) is 11.9. The number of aromatic hydroxyl groups is 1. The van der Waals surface area contributed by atoms with Gasteiger partial charge in [-0.25, -0.2) is 0 Å². The van der Waals surface area contributed by atoms with Crippen LogP contribution in [0.25, 0.3) is 11.5 Å². The molecule has 3 rings (SSSR count). The molecule has 1 N–H and O–H groups in total. The molecule has 2 heterocycles. The van der Waals surface area contributed by atoms with Gasteiger partial charge in [0.15, 0.2) is 11.5 Å². The minimum atomic E-state index is -0.214. The van der Waals surface area contributed by atoms with Crippen molar-refractivity contribution < 1.29 is 19.1 Å². The molecular weight excluding hydrogens is 274 g/mol. The first kappa shape index (κ1) is 13.8. The number of phenols is 1. The summed E-state index contributed by atoms with van der Waals surface area (Å²) in [5.74, 6) is 1.08. The average Bonchev–Trinajstić information content (AvgIpc) is 2.97. The van der Waals surface area contributed by atoms with Crippen LogP contribution >= 0.6 is 0 Å². The normalized spacial score (nSPS) is 19.6. The molecule has 1 fully saturated rings. The molecule has 1 unspecified atom stereocenters. The first-order chi connectivity index (χ1) is 10.2. The minimum absolute atomic E-state index is 0.0168. The maximum Gasteiger partial charge on any atom is 0.261 e. The van der Waals surface area contributed by atoms with Crippen molar-refractivity contribution in [2.75, 3.05) is 33.9 Å². The number of morpholine rings is 1. The highest BCUT2D eigenvalue weighted by Gasteiger charge is 2.25. The summed E-state index contributed by atoms with van der Waals surface area (Å²) in [4.78, 5) is 6.48. The number of benzene rings is 1. The van der Waals surface area contributed by atoms with Gasteiger partial charge >= 0.3 is 0 Å². The Morgan fingerprint density at radius 1 is 1.43 bits per heavy atom. The van der Waals surface area contributed by atoms with E-state index in [1.54, 1.807) is 18.2 Å². The van der Waals surface area contributed by atoms with Crippen molar-refractivity contribution >= 4 is 0 Å². The maximum atomic E-state index is 10.1. The second kappa shape index (κ2) is 5.71. The van der Waals surface area contributed by atoms with Gasteiger partial charge in [-0.05, 0) is 19.2 Å². The average molecular weight is 291 g/mol. The fourth-order valence-electron chi connectivity index (χ4n) is 2.27. The smallest absolute Gasteiger partial charge is 0.261 e. The Bertz CT molecular complexity index is 628. The number of phenolic OH excluding ortho intramolecular Hbond substituents is 1. The molecular formula is C14H17N3O4.